The SMILES string of the molecule is CCC(C)(C)Nc1c(NCc2ccc(C)cc2C)c(=O)c1=O. The van der Waals surface area contributed by atoms with Crippen molar-refractivity contribution >= 4 is 11.4 Å². The molecule has 0 bridgehead atoms. The second kappa shape index (κ2) is 5.95. The van der Waals surface area contributed by atoms with Gasteiger partial charge in [0, 0.05) is 12.1 Å². The summed E-state index contributed by atoms with van der Waals surface area (Å²) in [4.78, 5) is 23.6. The Labute approximate surface area is 131 Å². The number of aryl methyl sites for hydroxylation is 2. The maximum Gasteiger partial charge on any atom is 0.253 e. The predicted octanol–water partition coefficient (Wildman–Crippen LogP) is 3.11. The molecule has 0 atom stereocenters. The number of benzene rings is 1. The molecule has 0 saturated carbocycles. The average Bonchev–Trinajstić information content (AvgIpc) is 2.47. The van der Waals surface area contributed by atoms with Crippen LogP contribution in [0, 0.1) is 13.8 Å². The fourth-order valence-electron chi connectivity index (χ4n) is 2.33. The lowest BCUT2D eigenvalue weighted by atomic mass is 10.00. The van der Waals surface area contributed by atoms with Gasteiger partial charge in [-0.2, -0.15) is 0 Å². The molecule has 2 aromatic carbocycles. The summed E-state index contributed by atoms with van der Waals surface area (Å²) in [7, 11) is 0. The summed E-state index contributed by atoms with van der Waals surface area (Å²) in [5.41, 5.74) is 3.27. The Bertz CT molecular complexity index is 753. The maximum atomic E-state index is 11.8. The van der Waals surface area contributed by atoms with E-state index in [2.05, 4.69) is 23.6 Å². The van der Waals surface area contributed by atoms with Gasteiger partial charge in [0.05, 0.1) is 0 Å². The average molecular weight is 300 g/mol. The zero-order valence-electron chi connectivity index (χ0n) is 14.0. The topological polar surface area (TPSA) is 58.2 Å². The van der Waals surface area contributed by atoms with Crippen molar-refractivity contribution in [2.45, 2.75) is 53.1 Å². The van der Waals surface area contributed by atoms with E-state index in [0.29, 0.717) is 17.9 Å². The van der Waals surface area contributed by atoms with Crippen LogP contribution in [0.25, 0.3) is 0 Å². The van der Waals surface area contributed by atoms with E-state index in [9.17, 15) is 9.59 Å². The molecule has 4 heteroatoms. The number of rotatable bonds is 6. The van der Waals surface area contributed by atoms with Crippen LogP contribution in [0.1, 0.15) is 43.9 Å². The van der Waals surface area contributed by atoms with Gasteiger partial charge in [0.25, 0.3) is 10.9 Å². The van der Waals surface area contributed by atoms with Crippen molar-refractivity contribution in [3.63, 3.8) is 0 Å². The van der Waals surface area contributed by atoms with Crippen LogP contribution < -0.4 is 21.5 Å². The standard InChI is InChI=1S/C18H24N2O2/c1-6-18(4,5)20-15-14(16(21)17(15)22)19-10-13-8-7-11(2)9-12(13)3/h7-9,19-20H,6,10H2,1-5H3. The van der Waals surface area contributed by atoms with E-state index >= 15 is 0 Å². The van der Waals surface area contributed by atoms with E-state index in [1.54, 1.807) is 0 Å². The van der Waals surface area contributed by atoms with Crippen molar-refractivity contribution in [3.05, 3.63) is 55.3 Å². The molecule has 0 aliphatic carbocycles. The molecule has 4 nitrogen and oxygen atoms in total. The van der Waals surface area contributed by atoms with Crippen LogP contribution >= 0.6 is 0 Å². The Morgan fingerprint density at radius 1 is 1.05 bits per heavy atom. The maximum absolute atomic E-state index is 11.8. The zero-order valence-corrected chi connectivity index (χ0v) is 14.0. The molecule has 2 N–H and O–H groups in total. The molecule has 22 heavy (non-hydrogen) atoms. The molecule has 0 spiro atoms. The van der Waals surface area contributed by atoms with Crippen LogP contribution in [0.4, 0.5) is 11.4 Å². The van der Waals surface area contributed by atoms with Crippen LogP contribution in [0.5, 0.6) is 0 Å². The summed E-state index contributed by atoms with van der Waals surface area (Å²) >= 11 is 0. The van der Waals surface area contributed by atoms with Crippen molar-refractivity contribution < 1.29 is 0 Å². The Morgan fingerprint density at radius 2 is 1.68 bits per heavy atom. The summed E-state index contributed by atoms with van der Waals surface area (Å²) in [6.07, 6.45) is 0.863. The predicted molar refractivity (Wildman–Crippen MR) is 92.6 cm³/mol. The summed E-state index contributed by atoms with van der Waals surface area (Å²) < 4.78 is 0. The first-order valence-electron chi connectivity index (χ1n) is 7.66. The van der Waals surface area contributed by atoms with Gasteiger partial charge in [0.2, 0.25) is 0 Å². The molecule has 2 rings (SSSR count). The number of nitrogens with one attached hydrogen (secondary N) is 2. The van der Waals surface area contributed by atoms with Gasteiger partial charge in [0.15, 0.2) is 0 Å². The fraction of sp³-hybridized carbons (Fsp3) is 0.444. The molecule has 0 aliphatic heterocycles. The Balaban J connectivity index is 2.16. The summed E-state index contributed by atoms with van der Waals surface area (Å²) in [6, 6.07) is 6.20. The minimum atomic E-state index is -0.431. The molecule has 0 heterocycles. The minimum absolute atomic E-state index is 0.210. The molecule has 118 valence electrons. The second-order valence-electron chi connectivity index (χ2n) is 6.55. The first kappa shape index (κ1) is 16.3. The van der Waals surface area contributed by atoms with E-state index in [4.69, 9.17) is 0 Å². The number of hydrogen-bond donors (Lipinski definition) is 2. The van der Waals surface area contributed by atoms with Crippen LogP contribution in [-0.2, 0) is 6.54 Å². The van der Waals surface area contributed by atoms with Gasteiger partial charge in [-0.05, 0) is 45.2 Å². The molecule has 0 fully saturated rings. The highest BCUT2D eigenvalue weighted by atomic mass is 16.2. The van der Waals surface area contributed by atoms with E-state index in [0.717, 1.165) is 12.0 Å². The van der Waals surface area contributed by atoms with Crippen molar-refractivity contribution in [2.24, 2.45) is 0 Å². The highest BCUT2D eigenvalue weighted by molar-refractivity contribution is 5.74. The number of anilines is 2. The first-order valence-corrected chi connectivity index (χ1v) is 7.66. The minimum Gasteiger partial charge on any atom is -0.376 e. The zero-order chi connectivity index (χ0) is 16.5. The van der Waals surface area contributed by atoms with Gasteiger partial charge in [-0.1, -0.05) is 30.7 Å². The summed E-state index contributed by atoms with van der Waals surface area (Å²) in [5.74, 6) is 0. The normalized spacial score (nSPS) is 11.7. The van der Waals surface area contributed by atoms with Gasteiger partial charge in [-0.15, -0.1) is 0 Å². The van der Waals surface area contributed by atoms with Crippen molar-refractivity contribution in [1.82, 2.24) is 0 Å². The third kappa shape index (κ3) is 3.21. The van der Waals surface area contributed by atoms with E-state index in [1.165, 1.54) is 11.1 Å². The monoisotopic (exact) mass is 300 g/mol. The lowest BCUT2D eigenvalue weighted by Gasteiger charge is -2.28. The molecule has 0 aromatic heterocycles. The Kier molecular flexibility index (Phi) is 4.40. The van der Waals surface area contributed by atoms with Crippen LogP contribution in [0.2, 0.25) is 0 Å². The Hall–Kier alpha value is -2.10. The molecule has 0 radical (unpaired) electrons. The highest BCUT2D eigenvalue weighted by Crippen LogP contribution is 2.22. The first-order chi connectivity index (χ1) is 10.2. The molecule has 0 unspecified atom stereocenters. The smallest absolute Gasteiger partial charge is 0.253 e. The molecule has 0 saturated heterocycles. The highest BCUT2D eigenvalue weighted by Gasteiger charge is 2.25. The molecular formula is C18H24N2O2. The largest absolute Gasteiger partial charge is 0.376 e. The molecular weight excluding hydrogens is 276 g/mol. The van der Waals surface area contributed by atoms with Crippen molar-refractivity contribution in [1.29, 1.82) is 0 Å². The van der Waals surface area contributed by atoms with E-state index in [1.807, 2.05) is 39.8 Å². The quantitative estimate of drug-likeness (QED) is 0.805. The molecule has 0 aliphatic rings. The van der Waals surface area contributed by atoms with Crippen molar-refractivity contribution in [3.8, 4) is 0 Å². The Morgan fingerprint density at radius 3 is 2.27 bits per heavy atom. The second-order valence-corrected chi connectivity index (χ2v) is 6.55. The molecule has 2 aromatic rings. The van der Waals surface area contributed by atoms with Gasteiger partial charge in [0.1, 0.15) is 11.4 Å². The van der Waals surface area contributed by atoms with E-state index < -0.39 is 10.9 Å². The summed E-state index contributed by atoms with van der Waals surface area (Å²) in [6.45, 7) is 10.7. The lowest BCUT2D eigenvalue weighted by Crippen LogP contribution is -2.42. The van der Waals surface area contributed by atoms with Crippen LogP contribution in [-0.4, -0.2) is 5.54 Å². The van der Waals surface area contributed by atoms with Crippen LogP contribution in [0.3, 0.4) is 0 Å². The van der Waals surface area contributed by atoms with Gasteiger partial charge in [-0.25, -0.2) is 0 Å². The summed E-state index contributed by atoms with van der Waals surface area (Å²) in [5, 5.41) is 6.30. The molecule has 0 amide bonds. The lowest BCUT2D eigenvalue weighted by molar-refractivity contribution is 0.546. The van der Waals surface area contributed by atoms with Crippen molar-refractivity contribution in [2.75, 3.05) is 10.6 Å². The fourth-order valence-corrected chi connectivity index (χ4v) is 2.33. The van der Waals surface area contributed by atoms with Crippen LogP contribution in [0.15, 0.2) is 27.8 Å². The third-order valence-electron chi connectivity index (χ3n) is 4.21. The van der Waals surface area contributed by atoms with E-state index in [-0.39, 0.29) is 5.54 Å². The van der Waals surface area contributed by atoms with Gasteiger partial charge in [-0.3, -0.25) is 9.59 Å². The number of hydrogen-bond acceptors (Lipinski definition) is 4. The van der Waals surface area contributed by atoms with Gasteiger partial charge >= 0.3 is 0 Å². The third-order valence-corrected chi connectivity index (χ3v) is 4.21. The van der Waals surface area contributed by atoms with Gasteiger partial charge < -0.3 is 10.6 Å².